The monoisotopic (exact) mass is 454 g/mol. The molecule has 0 saturated carbocycles. The van der Waals surface area contributed by atoms with Gasteiger partial charge in [-0.1, -0.05) is 30.9 Å². The van der Waals surface area contributed by atoms with Crippen molar-refractivity contribution in [1.82, 2.24) is 9.88 Å². The SMILES string of the molecule is C=CCOc1ccc(C2c3c(oc4ccccc4c3=O)C(=O)N2Cc2ccncc2)cc1OC. The molecule has 0 radical (unpaired) electrons. The van der Waals surface area contributed by atoms with Crippen LogP contribution in [0.3, 0.4) is 0 Å². The number of fused-ring (bicyclic) bond motifs is 2. The minimum Gasteiger partial charge on any atom is -0.493 e. The average Bonchev–Trinajstić information content (AvgIpc) is 3.15. The van der Waals surface area contributed by atoms with Crippen molar-refractivity contribution in [2.75, 3.05) is 13.7 Å². The molecule has 0 fully saturated rings. The zero-order chi connectivity index (χ0) is 23.7. The van der Waals surface area contributed by atoms with Gasteiger partial charge in [-0.2, -0.15) is 0 Å². The van der Waals surface area contributed by atoms with Crippen LogP contribution >= 0.6 is 0 Å². The molecule has 170 valence electrons. The van der Waals surface area contributed by atoms with Crippen molar-refractivity contribution in [3.63, 3.8) is 0 Å². The third kappa shape index (κ3) is 3.61. The summed E-state index contributed by atoms with van der Waals surface area (Å²) in [5.74, 6) is 0.760. The van der Waals surface area contributed by atoms with E-state index in [0.29, 0.717) is 40.2 Å². The van der Waals surface area contributed by atoms with Gasteiger partial charge in [-0.3, -0.25) is 14.6 Å². The molecule has 1 atom stereocenters. The van der Waals surface area contributed by atoms with Gasteiger partial charge in [0, 0.05) is 18.9 Å². The van der Waals surface area contributed by atoms with E-state index >= 15 is 0 Å². The highest BCUT2D eigenvalue weighted by Gasteiger charge is 2.43. The molecule has 3 heterocycles. The quantitative estimate of drug-likeness (QED) is 0.382. The Morgan fingerprint density at radius 3 is 2.65 bits per heavy atom. The minimum atomic E-state index is -0.654. The van der Waals surface area contributed by atoms with Gasteiger partial charge >= 0.3 is 0 Å². The number of hydrogen-bond donors (Lipinski definition) is 0. The molecule has 1 amide bonds. The van der Waals surface area contributed by atoms with Gasteiger partial charge in [-0.15, -0.1) is 0 Å². The van der Waals surface area contributed by atoms with Gasteiger partial charge in [0.25, 0.3) is 5.91 Å². The number of carbonyl (C=O) groups is 1. The molecule has 0 spiro atoms. The molecular formula is C27H22N2O5. The molecule has 1 unspecified atom stereocenters. The highest BCUT2D eigenvalue weighted by Crippen LogP contribution is 2.41. The summed E-state index contributed by atoms with van der Waals surface area (Å²) in [6.45, 7) is 4.27. The van der Waals surface area contributed by atoms with Crippen molar-refractivity contribution in [2.45, 2.75) is 12.6 Å². The zero-order valence-electron chi connectivity index (χ0n) is 18.6. The van der Waals surface area contributed by atoms with Gasteiger partial charge in [0.1, 0.15) is 12.2 Å². The van der Waals surface area contributed by atoms with E-state index in [0.717, 1.165) is 5.56 Å². The van der Waals surface area contributed by atoms with E-state index in [2.05, 4.69) is 11.6 Å². The summed E-state index contributed by atoms with van der Waals surface area (Å²) in [5, 5.41) is 0.433. The van der Waals surface area contributed by atoms with E-state index in [1.807, 2.05) is 18.2 Å². The van der Waals surface area contributed by atoms with Gasteiger partial charge in [-0.05, 0) is 47.5 Å². The van der Waals surface area contributed by atoms with E-state index in [-0.39, 0.29) is 23.6 Å². The van der Waals surface area contributed by atoms with Crippen LogP contribution in [0.1, 0.15) is 33.3 Å². The highest BCUT2D eigenvalue weighted by molar-refractivity contribution is 5.99. The van der Waals surface area contributed by atoms with Crippen LogP contribution in [0.5, 0.6) is 11.5 Å². The van der Waals surface area contributed by atoms with Crippen molar-refractivity contribution in [3.05, 3.63) is 112 Å². The Balaban J connectivity index is 1.69. The van der Waals surface area contributed by atoms with Gasteiger partial charge in [0.15, 0.2) is 16.9 Å². The number of aromatic nitrogens is 1. The summed E-state index contributed by atoms with van der Waals surface area (Å²) in [5.41, 5.74) is 2.08. The summed E-state index contributed by atoms with van der Waals surface area (Å²) in [6.07, 6.45) is 4.99. The molecular weight excluding hydrogens is 432 g/mol. The van der Waals surface area contributed by atoms with E-state index in [9.17, 15) is 9.59 Å². The summed E-state index contributed by atoms with van der Waals surface area (Å²) < 4.78 is 17.2. The number of nitrogens with zero attached hydrogens (tertiary/aromatic N) is 2. The first-order valence-corrected chi connectivity index (χ1v) is 10.8. The third-order valence-electron chi connectivity index (χ3n) is 5.84. The van der Waals surface area contributed by atoms with Gasteiger partial charge < -0.3 is 18.8 Å². The summed E-state index contributed by atoms with van der Waals surface area (Å²) >= 11 is 0. The largest absolute Gasteiger partial charge is 0.493 e. The van der Waals surface area contributed by atoms with Crippen molar-refractivity contribution in [3.8, 4) is 11.5 Å². The Kier molecular flexibility index (Phi) is 5.59. The van der Waals surface area contributed by atoms with Crippen LogP contribution in [-0.4, -0.2) is 29.5 Å². The van der Waals surface area contributed by atoms with E-state index in [1.165, 1.54) is 0 Å². The highest BCUT2D eigenvalue weighted by atomic mass is 16.5. The van der Waals surface area contributed by atoms with E-state index < -0.39 is 6.04 Å². The number of amides is 1. The predicted octanol–water partition coefficient (Wildman–Crippen LogP) is 4.51. The lowest BCUT2D eigenvalue weighted by Crippen LogP contribution is -2.29. The van der Waals surface area contributed by atoms with Crippen molar-refractivity contribution < 1.29 is 18.7 Å². The maximum atomic E-state index is 13.6. The number of hydrogen-bond acceptors (Lipinski definition) is 6. The summed E-state index contributed by atoms with van der Waals surface area (Å²) in [6, 6.07) is 15.4. The van der Waals surface area contributed by atoms with Crippen molar-refractivity contribution in [1.29, 1.82) is 0 Å². The topological polar surface area (TPSA) is 81.9 Å². The van der Waals surface area contributed by atoms with E-state index in [1.54, 1.807) is 66.9 Å². The molecule has 7 nitrogen and oxygen atoms in total. The van der Waals surface area contributed by atoms with Crippen molar-refractivity contribution >= 4 is 16.9 Å². The number of para-hydroxylation sites is 1. The Labute approximate surface area is 195 Å². The van der Waals surface area contributed by atoms with Crippen LogP contribution in [0, 0.1) is 0 Å². The first kappa shape index (κ1) is 21.5. The van der Waals surface area contributed by atoms with Gasteiger partial charge in [-0.25, -0.2) is 0 Å². The lowest BCUT2D eigenvalue weighted by Gasteiger charge is -2.26. The van der Waals surface area contributed by atoms with Gasteiger partial charge in [0.05, 0.1) is 24.1 Å². The lowest BCUT2D eigenvalue weighted by atomic mass is 9.98. The smallest absolute Gasteiger partial charge is 0.291 e. The molecule has 5 rings (SSSR count). The maximum absolute atomic E-state index is 13.6. The first-order chi connectivity index (χ1) is 16.6. The summed E-state index contributed by atoms with van der Waals surface area (Å²) in [7, 11) is 1.55. The Morgan fingerprint density at radius 2 is 1.88 bits per heavy atom. The summed E-state index contributed by atoms with van der Waals surface area (Å²) in [4.78, 5) is 32.8. The molecule has 0 N–H and O–H groups in total. The molecule has 2 aromatic carbocycles. The van der Waals surface area contributed by atoms with Crippen LogP contribution in [0.15, 0.2) is 88.9 Å². The van der Waals surface area contributed by atoms with Crippen LogP contribution in [0.25, 0.3) is 11.0 Å². The molecule has 2 aromatic heterocycles. The number of methoxy groups -OCH3 is 1. The Morgan fingerprint density at radius 1 is 1.09 bits per heavy atom. The Bertz CT molecular complexity index is 1440. The van der Waals surface area contributed by atoms with Gasteiger partial charge in [0.2, 0.25) is 5.76 Å². The van der Waals surface area contributed by atoms with Crippen molar-refractivity contribution in [2.24, 2.45) is 0 Å². The average molecular weight is 454 g/mol. The number of benzene rings is 2. The second-order valence-electron chi connectivity index (χ2n) is 7.87. The second-order valence-corrected chi connectivity index (χ2v) is 7.87. The molecule has 1 aliphatic rings. The fraction of sp³-hybridized carbons (Fsp3) is 0.148. The molecule has 34 heavy (non-hydrogen) atoms. The number of rotatable bonds is 7. The molecule has 0 aliphatic carbocycles. The minimum absolute atomic E-state index is 0.0636. The number of ether oxygens (including phenoxy) is 2. The lowest BCUT2D eigenvalue weighted by molar-refractivity contribution is 0.0714. The number of pyridine rings is 1. The number of carbonyl (C=O) groups excluding carboxylic acids is 1. The van der Waals surface area contributed by atoms with Crippen LogP contribution in [0.2, 0.25) is 0 Å². The normalized spacial score (nSPS) is 14.8. The van der Waals surface area contributed by atoms with Crippen LogP contribution in [-0.2, 0) is 6.54 Å². The fourth-order valence-corrected chi connectivity index (χ4v) is 4.28. The molecule has 0 saturated heterocycles. The Hall–Kier alpha value is -4.39. The third-order valence-corrected chi connectivity index (χ3v) is 5.84. The first-order valence-electron chi connectivity index (χ1n) is 10.8. The molecule has 1 aliphatic heterocycles. The predicted molar refractivity (Wildman–Crippen MR) is 127 cm³/mol. The standard InChI is InChI=1S/C27H22N2O5/c1-3-14-33-21-9-8-18(15-22(21)32-2)24-23-25(30)19-6-4-5-7-20(19)34-26(23)27(31)29(24)16-17-10-12-28-13-11-17/h3-13,15,24H,1,14,16H2,2H3. The van der Waals surface area contributed by atoms with Crippen LogP contribution in [0.4, 0.5) is 0 Å². The second kappa shape index (κ2) is 8.86. The van der Waals surface area contributed by atoms with E-state index in [4.69, 9.17) is 13.9 Å². The maximum Gasteiger partial charge on any atom is 0.291 e. The molecule has 7 heteroatoms. The fourth-order valence-electron chi connectivity index (χ4n) is 4.28. The molecule has 0 bridgehead atoms. The zero-order valence-corrected chi connectivity index (χ0v) is 18.6. The van der Waals surface area contributed by atoms with Crippen LogP contribution < -0.4 is 14.9 Å². The molecule has 4 aromatic rings.